The van der Waals surface area contributed by atoms with Gasteiger partial charge in [0.05, 0.1) is 0 Å². The van der Waals surface area contributed by atoms with Crippen LogP contribution in [0.25, 0.3) is 0 Å². The maximum atomic E-state index is 5.14. The Kier molecular flexibility index (Phi) is 4.33. The van der Waals surface area contributed by atoms with Crippen molar-refractivity contribution in [3.8, 4) is 0 Å². The van der Waals surface area contributed by atoms with Crippen molar-refractivity contribution in [2.75, 3.05) is 21.3 Å². The smallest absolute Gasteiger partial charge is 0.373 e. The molecule has 0 rings (SSSR count). The van der Waals surface area contributed by atoms with Gasteiger partial charge in [0.25, 0.3) is 0 Å². The van der Waals surface area contributed by atoms with Gasteiger partial charge in [-0.2, -0.15) is 0 Å². The van der Waals surface area contributed by atoms with E-state index in [1.807, 2.05) is 6.92 Å². The normalized spacial score (nSPS) is 10.9. The van der Waals surface area contributed by atoms with Crippen LogP contribution in [-0.2, 0) is 13.3 Å². The van der Waals surface area contributed by atoms with Crippen molar-refractivity contribution in [3.05, 3.63) is 17.5 Å². The SMILES string of the molecule is C=C=C(C)[Si](OC)(OC)OC. The maximum Gasteiger partial charge on any atom is 0.539 e. The molecule has 3 nitrogen and oxygen atoms in total. The third-order valence-electron chi connectivity index (χ3n) is 1.53. The van der Waals surface area contributed by atoms with Gasteiger partial charge < -0.3 is 13.3 Å². The Labute approximate surface area is 68.6 Å². The van der Waals surface area contributed by atoms with E-state index in [-0.39, 0.29) is 0 Å². The first kappa shape index (κ1) is 10.6. The molecule has 0 aromatic carbocycles. The summed E-state index contributed by atoms with van der Waals surface area (Å²) in [4.78, 5) is 0. The van der Waals surface area contributed by atoms with Crippen molar-refractivity contribution >= 4 is 8.80 Å². The standard InChI is InChI=1S/C7H14O3Si/c1-6-7(2)11(8-3,9-4)10-5/h1H2,2-5H3. The molecule has 0 saturated carbocycles. The summed E-state index contributed by atoms with van der Waals surface area (Å²) in [6, 6.07) is 0. The van der Waals surface area contributed by atoms with Crippen molar-refractivity contribution in [1.82, 2.24) is 0 Å². The highest BCUT2D eigenvalue weighted by Gasteiger charge is 2.40. The Hall–Kier alpha value is -0.383. The fourth-order valence-corrected chi connectivity index (χ4v) is 2.45. The van der Waals surface area contributed by atoms with E-state index in [0.29, 0.717) is 0 Å². The molecule has 0 fully saturated rings. The van der Waals surface area contributed by atoms with Crippen LogP contribution in [0, 0.1) is 0 Å². The van der Waals surface area contributed by atoms with E-state index in [9.17, 15) is 0 Å². The Balaban J connectivity index is 4.68. The lowest BCUT2D eigenvalue weighted by atomic mass is 10.7. The minimum absolute atomic E-state index is 0.796. The number of hydrogen-bond acceptors (Lipinski definition) is 3. The van der Waals surface area contributed by atoms with Gasteiger partial charge >= 0.3 is 8.80 Å². The summed E-state index contributed by atoms with van der Waals surface area (Å²) in [6.07, 6.45) is 0. The quantitative estimate of drug-likeness (QED) is 0.472. The topological polar surface area (TPSA) is 27.7 Å². The molecule has 11 heavy (non-hydrogen) atoms. The predicted octanol–water partition coefficient (Wildman–Crippen LogP) is 1.13. The molecule has 0 amide bonds. The van der Waals surface area contributed by atoms with Gasteiger partial charge in [-0.3, -0.25) is 0 Å². The van der Waals surface area contributed by atoms with Crippen molar-refractivity contribution in [3.63, 3.8) is 0 Å². The van der Waals surface area contributed by atoms with Gasteiger partial charge in [-0.15, -0.1) is 5.73 Å². The van der Waals surface area contributed by atoms with Crippen LogP contribution in [0.3, 0.4) is 0 Å². The summed E-state index contributed by atoms with van der Waals surface area (Å²) in [5.41, 5.74) is 2.71. The van der Waals surface area contributed by atoms with Crippen molar-refractivity contribution in [2.45, 2.75) is 6.92 Å². The molecule has 0 aliphatic heterocycles. The fraction of sp³-hybridized carbons (Fsp3) is 0.571. The Morgan fingerprint density at radius 2 is 1.55 bits per heavy atom. The molecule has 0 aromatic heterocycles. The molecule has 0 aliphatic carbocycles. The number of rotatable bonds is 4. The molecule has 0 bridgehead atoms. The summed E-state index contributed by atoms with van der Waals surface area (Å²) >= 11 is 0. The van der Waals surface area contributed by atoms with Gasteiger partial charge in [0, 0.05) is 26.5 Å². The van der Waals surface area contributed by atoms with E-state index in [0.717, 1.165) is 5.20 Å². The van der Waals surface area contributed by atoms with Gasteiger partial charge in [-0.05, 0) is 6.92 Å². The average molecular weight is 174 g/mol. The van der Waals surface area contributed by atoms with E-state index < -0.39 is 8.80 Å². The molecule has 0 radical (unpaired) electrons. The monoisotopic (exact) mass is 174 g/mol. The molecule has 4 heteroatoms. The van der Waals surface area contributed by atoms with E-state index in [4.69, 9.17) is 13.3 Å². The minimum Gasteiger partial charge on any atom is -0.373 e. The summed E-state index contributed by atoms with van der Waals surface area (Å²) < 4.78 is 15.4. The van der Waals surface area contributed by atoms with E-state index in [1.54, 1.807) is 21.3 Å². The summed E-state index contributed by atoms with van der Waals surface area (Å²) in [5, 5.41) is 0.796. The van der Waals surface area contributed by atoms with Crippen LogP contribution in [0.15, 0.2) is 17.5 Å². The fourth-order valence-electron chi connectivity index (χ4n) is 0.818. The van der Waals surface area contributed by atoms with Gasteiger partial charge in [0.1, 0.15) is 0 Å². The second kappa shape index (κ2) is 4.49. The first-order valence-corrected chi connectivity index (χ1v) is 4.92. The van der Waals surface area contributed by atoms with E-state index >= 15 is 0 Å². The van der Waals surface area contributed by atoms with Crippen LogP contribution in [0.2, 0.25) is 0 Å². The molecule has 0 N–H and O–H groups in total. The van der Waals surface area contributed by atoms with Gasteiger partial charge in [-0.1, -0.05) is 6.58 Å². The highest BCUT2D eigenvalue weighted by molar-refractivity contribution is 6.68. The number of hydrogen-bond donors (Lipinski definition) is 0. The summed E-state index contributed by atoms with van der Waals surface area (Å²) in [7, 11) is 2.09. The molecule has 0 saturated heterocycles. The van der Waals surface area contributed by atoms with E-state index in [2.05, 4.69) is 12.3 Å². The second-order valence-corrected chi connectivity index (χ2v) is 5.06. The van der Waals surface area contributed by atoms with Gasteiger partial charge in [-0.25, -0.2) is 0 Å². The first-order chi connectivity index (χ1) is 5.16. The van der Waals surface area contributed by atoms with Gasteiger partial charge in [0.15, 0.2) is 0 Å². The zero-order chi connectivity index (χ0) is 8.91. The minimum atomic E-state index is -2.58. The molecule has 0 aromatic rings. The zero-order valence-corrected chi connectivity index (χ0v) is 8.43. The van der Waals surface area contributed by atoms with Crippen molar-refractivity contribution in [1.29, 1.82) is 0 Å². The lowest BCUT2D eigenvalue weighted by Crippen LogP contribution is -2.44. The molecule has 0 unspecified atom stereocenters. The van der Waals surface area contributed by atoms with Crippen molar-refractivity contribution in [2.24, 2.45) is 0 Å². The Bertz CT molecular complexity index is 160. The molecule has 0 atom stereocenters. The number of allylic oxidation sites excluding steroid dienone is 1. The predicted molar refractivity (Wildman–Crippen MR) is 45.1 cm³/mol. The van der Waals surface area contributed by atoms with E-state index in [1.165, 1.54) is 0 Å². The van der Waals surface area contributed by atoms with Crippen molar-refractivity contribution < 1.29 is 13.3 Å². The third kappa shape index (κ3) is 2.02. The average Bonchev–Trinajstić information content (AvgIpc) is 2.08. The molecule has 0 heterocycles. The highest BCUT2D eigenvalue weighted by Crippen LogP contribution is 2.14. The molecule has 0 spiro atoms. The lowest BCUT2D eigenvalue weighted by molar-refractivity contribution is 0.134. The third-order valence-corrected chi connectivity index (χ3v) is 4.24. The van der Waals surface area contributed by atoms with Crippen LogP contribution >= 0.6 is 0 Å². The van der Waals surface area contributed by atoms with Crippen LogP contribution in [0.4, 0.5) is 0 Å². The maximum absolute atomic E-state index is 5.14. The van der Waals surface area contributed by atoms with Gasteiger partial charge in [0.2, 0.25) is 0 Å². The Morgan fingerprint density at radius 3 is 1.64 bits per heavy atom. The lowest BCUT2D eigenvalue weighted by Gasteiger charge is -2.23. The zero-order valence-electron chi connectivity index (χ0n) is 7.43. The van der Waals surface area contributed by atoms with Crippen LogP contribution in [0.1, 0.15) is 6.92 Å². The molecular formula is C7H14O3Si. The highest BCUT2D eigenvalue weighted by atomic mass is 28.4. The van der Waals surface area contributed by atoms with Crippen LogP contribution in [-0.4, -0.2) is 30.1 Å². The molecule has 64 valence electrons. The first-order valence-electron chi connectivity index (χ1n) is 3.19. The molecule has 0 aliphatic rings. The summed E-state index contributed by atoms with van der Waals surface area (Å²) in [6.45, 7) is 5.33. The Morgan fingerprint density at radius 1 is 1.18 bits per heavy atom. The van der Waals surface area contributed by atoms with Crippen LogP contribution < -0.4 is 0 Å². The largest absolute Gasteiger partial charge is 0.539 e. The second-order valence-electron chi connectivity index (χ2n) is 1.97. The molecular weight excluding hydrogens is 160 g/mol. The summed E-state index contributed by atoms with van der Waals surface area (Å²) in [5.74, 6) is 0. The van der Waals surface area contributed by atoms with Crippen LogP contribution in [0.5, 0.6) is 0 Å².